The van der Waals surface area contributed by atoms with E-state index in [2.05, 4.69) is 6.58 Å². The number of esters is 1. The molecule has 0 aliphatic heterocycles. The highest BCUT2D eigenvalue weighted by atomic mass is 16.5. The van der Waals surface area contributed by atoms with E-state index in [9.17, 15) is 4.79 Å². The fourth-order valence-corrected chi connectivity index (χ4v) is 0.748. The average Bonchev–Trinajstić information content (AvgIpc) is 2.05. The number of carbonyl (C=O) groups excluding carboxylic acids is 1. The van der Waals surface area contributed by atoms with Crippen molar-refractivity contribution in [3.8, 4) is 0 Å². The largest absolute Gasteiger partial charge is 0.463 e. The summed E-state index contributed by atoms with van der Waals surface area (Å²) in [7, 11) is 0. The van der Waals surface area contributed by atoms with Gasteiger partial charge in [-0.25, -0.2) is 4.79 Å². The molecule has 0 aliphatic rings. The van der Waals surface area contributed by atoms with Crippen molar-refractivity contribution in [2.75, 3.05) is 6.61 Å². The highest BCUT2D eigenvalue weighted by molar-refractivity contribution is 5.81. The zero-order chi connectivity index (χ0) is 9.23. The van der Waals surface area contributed by atoms with Crippen molar-refractivity contribution in [1.82, 2.24) is 0 Å². The van der Waals surface area contributed by atoms with E-state index in [1.54, 1.807) is 13.0 Å². The molecule has 0 rings (SSSR count). The summed E-state index contributed by atoms with van der Waals surface area (Å²) in [6.07, 6.45) is 7.90. The Balaban J connectivity index is 3.19. The monoisotopic (exact) mass is 168 g/mol. The number of rotatable bonds is 6. The Morgan fingerprint density at radius 1 is 1.50 bits per heavy atom. The molecule has 0 N–H and O–H groups in total. The molecule has 0 aromatic carbocycles. The van der Waals surface area contributed by atoms with E-state index < -0.39 is 0 Å². The maximum atomic E-state index is 10.7. The van der Waals surface area contributed by atoms with E-state index in [-0.39, 0.29) is 5.97 Å². The second-order valence-electron chi connectivity index (χ2n) is 2.45. The standard InChI is InChI=1S/C10H16O2/c1-3-5-6-7-9-12-10(11)8-4-2/h3-4,8H,1,5-7,9H2,2H3. The molecular formula is C10H16O2. The third-order valence-electron chi connectivity index (χ3n) is 1.35. The first-order valence-corrected chi connectivity index (χ1v) is 4.21. The molecule has 2 nitrogen and oxygen atoms in total. The van der Waals surface area contributed by atoms with Gasteiger partial charge < -0.3 is 4.74 Å². The van der Waals surface area contributed by atoms with Gasteiger partial charge in [0.2, 0.25) is 0 Å². The first kappa shape index (κ1) is 11.0. The average molecular weight is 168 g/mol. The Kier molecular flexibility index (Phi) is 7.35. The summed E-state index contributed by atoms with van der Waals surface area (Å²) in [5, 5.41) is 0. The summed E-state index contributed by atoms with van der Waals surface area (Å²) >= 11 is 0. The lowest BCUT2D eigenvalue weighted by Crippen LogP contribution is -2.01. The topological polar surface area (TPSA) is 26.3 Å². The van der Waals surface area contributed by atoms with Crippen molar-refractivity contribution in [3.05, 3.63) is 24.8 Å². The molecule has 0 bridgehead atoms. The predicted molar refractivity (Wildman–Crippen MR) is 49.8 cm³/mol. The van der Waals surface area contributed by atoms with Gasteiger partial charge in [-0.3, -0.25) is 0 Å². The molecule has 0 heterocycles. The van der Waals surface area contributed by atoms with Crippen molar-refractivity contribution in [1.29, 1.82) is 0 Å². The fraction of sp³-hybridized carbons (Fsp3) is 0.500. The van der Waals surface area contributed by atoms with Crippen LogP contribution in [0.4, 0.5) is 0 Å². The number of carbonyl (C=O) groups is 1. The van der Waals surface area contributed by atoms with E-state index in [1.165, 1.54) is 6.08 Å². The van der Waals surface area contributed by atoms with Crippen molar-refractivity contribution >= 4 is 5.97 Å². The predicted octanol–water partition coefficient (Wildman–Crippen LogP) is 2.46. The lowest BCUT2D eigenvalue weighted by atomic mass is 10.2. The van der Waals surface area contributed by atoms with Gasteiger partial charge in [0.05, 0.1) is 6.61 Å². The number of hydrogen-bond acceptors (Lipinski definition) is 2. The van der Waals surface area contributed by atoms with Gasteiger partial charge in [-0.15, -0.1) is 6.58 Å². The van der Waals surface area contributed by atoms with Gasteiger partial charge in [0.1, 0.15) is 0 Å². The van der Waals surface area contributed by atoms with Crippen LogP contribution in [0.5, 0.6) is 0 Å². The molecule has 0 aromatic heterocycles. The van der Waals surface area contributed by atoms with E-state index in [1.807, 2.05) is 6.08 Å². The molecule has 12 heavy (non-hydrogen) atoms. The van der Waals surface area contributed by atoms with Crippen LogP contribution in [0.1, 0.15) is 26.2 Å². The minimum atomic E-state index is -0.254. The smallest absolute Gasteiger partial charge is 0.330 e. The zero-order valence-corrected chi connectivity index (χ0v) is 7.58. The van der Waals surface area contributed by atoms with Crippen LogP contribution in [0, 0.1) is 0 Å². The minimum absolute atomic E-state index is 0.254. The van der Waals surface area contributed by atoms with Crippen LogP contribution in [-0.4, -0.2) is 12.6 Å². The fourth-order valence-electron chi connectivity index (χ4n) is 0.748. The number of unbranched alkanes of at least 4 members (excludes halogenated alkanes) is 2. The van der Waals surface area contributed by atoms with Crippen molar-refractivity contribution in [2.24, 2.45) is 0 Å². The van der Waals surface area contributed by atoms with Crippen molar-refractivity contribution < 1.29 is 9.53 Å². The summed E-state index contributed by atoms with van der Waals surface area (Å²) < 4.78 is 4.87. The third-order valence-corrected chi connectivity index (χ3v) is 1.35. The number of hydrogen-bond donors (Lipinski definition) is 0. The summed E-state index contributed by atoms with van der Waals surface area (Å²) in [6, 6.07) is 0. The van der Waals surface area contributed by atoms with Crippen LogP contribution in [0.15, 0.2) is 24.8 Å². The number of allylic oxidation sites excluding steroid dienone is 2. The van der Waals surface area contributed by atoms with Gasteiger partial charge >= 0.3 is 5.97 Å². The molecule has 2 heteroatoms. The number of ether oxygens (including phenoxy) is 1. The lowest BCUT2D eigenvalue weighted by molar-refractivity contribution is -0.137. The Labute approximate surface area is 73.9 Å². The Morgan fingerprint density at radius 3 is 2.83 bits per heavy atom. The van der Waals surface area contributed by atoms with Gasteiger partial charge in [0.15, 0.2) is 0 Å². The summed E-state index contributed by atoms with van der Waals surface area (Å²) in [6.45, 7) is 5.91. The second-order valence-corrected chi connectivity index (χ2v) is 2.45. The highest BCUT2D eigenvalue weighted by Gasteiger charge is 1.93. The first-order chi connectivity index (χ1) is 5.81. The van der Waals surface area contributed by atoms with Crippen LogP contribution < -0.4 is 0 Å². The zero-order valence-electron chi connectivity index (χ0n) is 7.58. The molecule has 0 atom stereocenters. The molecule has 68 valence electrons. The van der Waals surface area contributed by atoms with Gasteiger partial charge in [-0.2, -0.15) is 0 Å². The molecule has 0 saturated carbocycles. The molecule has 0 radical (unpaired) electrons. The van der Waals surface area contributed by atoms with Crippen LogP contribution >= 0.6 is 0 Å². The van der Waals surface area contributed by atoms with Gasteiger partial charge in [0, 0.05) is 6.08 Å². The minimum Gasteiger partial charge on any atom is -0.463 e. The maximum absolute atomic E-state index is 10.7. The normalized spacial score (nSPS) is 10.1. The van der Waals surface area contributed by atoms with Crippen LogP contribution in [-0.2, 0) is 9.53 Å². The van der Waals surface area contributed by atoms with Crippen molar-refractivity contribution in [3.63, 3.8) is 0 Å². The van der Waals surface area contributed by atoms with E-state index in [4.69, 9.17) is 4.74 Å². The SMILES string of the molecule is C=CCCCCOC(=O)C=CC. The summed E-state index contributed by atoms with van der Waals surface area (Å²) in [5.41, 5.74) is 0. The van der Waals surface area contributed by atoms with Gasteiger partial charge in [-0.1, -0.05) is 12.2 Å². The van der Waals surface area contributed by atoms with Gasteiger partial charge in [-0.05, 0) is 26.2 Å². The highest BCUT2D eigenvalue weighted by Crippen LogP contribution is 1.96. The maximum Gasteiger partial charge on any atom is 0.330 e. The van der Waals surface area contributed by atoms with E-state index in [0.717, 1.165) is 19.3 Å². The Hall–Kier alpha value is -1.05. The quantitative estimate of drug-likeness (QED) is 0.263. The molecule has 0 spiro atoms. The first-order valence-electron chi connectivity index (χ1n) is 4.21. The van der Waals surface area contributed by atoms with Crippen molar-refractivity contribution in [2.45, 2.75) is 26.2 Å². The van der Waals surface area contributed by atoms with Crippen LogP contribution in [0.2, 0.25) is 0 Å². The molecule has 0 saturated heterocycles. The molecule has 0 fully saturated rings. The molecule has 0 aliphatic carbocycles. The van der Waals surface area contributed by atoms with Gasteiger partial charge in [0.25, 0.3) is 0 Å². The van der Waals surface area contributed by atoms with Crippen LogP contribution in [0.25, 0.3) is 0 Å². The molecular weight excluding hydrogens is 152 g/mol. The van der Waals surface area contributed by atoms with E-state index in [0.29, 0.717) is 6.61 Å². The Morgan fingerprint density at radius 2 is 2.25 bits per heavy atom. The summed E-state index contributed by atoms with van der Waals surface area (Å²) in [5.74, 6) is -0.254. The molecule has 0 aromatic rings. The van der Waals surface area contributed by atoms with Crippen LogP contribution in [0.3, 0.4) is 0 Å². The molecule has 0 amide bonds. The second kappa shape index (κ2) is 8.05. The summed E-state index contributed by atoms with van der Waals surface area (Å²) in [4.78, 5) is 10.7. The van der Waals surface area contributed by atoms with E-state index >= 15 is 0 Å². The lowest BCUT2D eigenvalue weighted by Gasteiger charge is -1.99. The molecule has 0 unspecified atom stereocenters. The Bertz CT molecular complexity index is 159. The third kappa shape index (κ3) is 7.06.